The quantitative estimate of drug-likeness (QED) is 0.844. The molecule has 0 heterocycles. The lowest BCUT2D eigenvalue weighted by Crippen LogP contribution is -2.26. The minimum absolute atomic E-state index is 0.300. The lowest BCUT2D eigenvalue weighted by molar-refractivity contribution is 0.0537. The van der Waals surface area contributed by atoms with Crippen LogP contribution in [0, 0.1) is 0 Å². The monoisotopic (exact) mass is 233 g/mol. The van der Waals surface area contributed by atoms with E-state index in [2.05, 4.69) is 36.5 Å². The summed E-state index contributed by atoms with van der Waals surface area (Å²) < 4.78 is 5.92. The molecule has 1 N–H and O–H groups in total. The third kappa shape index (κ3) is 3.30. The molecule has 2 nitrogen and oxygen atoms in total. The fraction of sp³-hybridized carbons (Fsp3) is 0.600. The third-order valence-electron chi connectivity index (χ3n) is 3.57. The van der Waals surface area contributed by atoms with E-state index >= 15 is 0 Å². The van der Waals surface area contributed by atoms with Gasteiger partial charge in [-0.05, 0) is 44.4 Å². The summed E-state index contributed by atoms with van der Waals surface area (Å²) in [5.74, 6) is 0.597. The molecule has 0 spiro atoms. The van der Waals surface area contributed by atoms with Gasteiger partial charge in [0.1, 0.15) is 0 Å². The van der Waals surface area contributed by atoms with E-state index in [4.69, 9.17) is 4.74 Å². The van der Waals surface area contributed by atoms with Gasteiger partial charge in [-0.25, -0.2) is 0 Å². The van der Waals surface area contributed by atoms with Crippen LogP contribution in [0.15, 0.2) is 24.3 Å². The summed E-state index contributed by atoms with van der Waals surface area (Å²) in [6.45, 7) is 3.92. The molecule has 1 aromatic rings. The minimum Gasteiger partial charge on any atom is -0.377 e. The topological polar surface area (TPSA) is 21.3 Å². The molecule has 0 radical (unpaired) electrons. The first-order chi connectivity index (χ1) is 8.31. The number of benzene rings is 1. The molecule has 1 aromatic carbocycles. The summed E-state index contributed by atoms with van der Waals surface area (Å²) in [6.07, 6.45) is 4.10. The standard InChI is InChI=1S/C15H23NO/c1-12(10-16-2)17-11-14-8-5-7-13-6-3-4-9-15(13)14/h3-4,6,9,12,14,16H,5,7-8,10-11H2,1-2H3. The Morgan fingerprint density at radius 1 is 1.41 bits per heavy atom. The number of ether oxygens (including phenoxy) is 1. The Morgan fingerprint density at radius 3 is 3.06 bits per heavy atom. The van der Waals surface area contributed by atoms with Gasteiger partial charge < -0.3 is 10.1 Å². The summed E-state index contributed by atoms with van der Waals surface area (Å²) in [5, 5.41) is 3.15. The maximum absolute atomic E-state index is 5.92. The zero-order chi connectivity index (χ0) is 12.1. The van der Waals surface area contributed by atoms with Crippen molar-refractivity contribution in [3.05, 3.63) is 35.4 Å². The van der Waals surface area contributed by atoms with Gasteiger partial charge in [-0.1, -0.05) is 24.3 Å². The Hall–Kier alpha value is -0.860. The lowest BCUT2D eigenvalue weighted by Gasteiger charge is -2.26. The maximum Gasteiger partial charge on any atom is 0.0671 e. The van der Waals surface area contributed by atoms with Crippen LogP contribution < -0.4 is 5.32 Å². The molecule has 0 saturated carbocycles. The molecule has 0 bridgehead atoms. The van der Waals surface area contributed by atoms with Gasteiger partial charge in [0.25, 0.3) is 0 Å². The number of likely N-dealkylation sites (N-methyl/N-ethyl adjacent to an activating group) is 1. The van der Waals surface area contributed by atoms with Crippen molar-refractivity contribution in [2.24, 2.45) is 0 Å². The molecule has 0 fully saturated rings. The van der Waals surface area contributed by atoms with E-state index in [-0.39, 0.29) is 0 Å². The van der Waals surface area contributed by atoms with Crippen molar-refractivity contribution in [3.8, 4) is 0 Å². The number of aryl methyl sites for hydroxylation is 1. The summed E-state index contributed by atoms with van der Waals surface area (Å²) in [6, 6.07) is 8.82. The largest absolute Gasteiger partial charge is 0.377 e. The van der Waals surface area contributed by atoms with Crippen LogP contribution in [-0.4, -0.2) is 26.3 Å². The Kier molecular flexibility index (Phi) is 4.57. The van der Waals surface area contributed by atoms with Crippen LogP contribution in [0.2, 0.25) is 0 Å². The second-order valence-corrected chi connectivity index (χ2v) is 4.99. The molecular formula is C15H23NO. The zero-order valence-electron chi connectivity index (χ0n) is 10.9. The zero-order valence-corrected chi connectivity index (χ0v) is 10.9. The molecule has 1 aliphatic rings. The van der Waals surface area contributed by atoms with Crippen molar-refractivity contribution < 1.29 is 4.74 Å². The highest BCUT2D eigenvalue weighted by atomic mass is 16.5. The van der Waals surface area contributed by atoms with Crippen LogP contribution in [0.5, 0.6) is 0 Å². The molecule has 1 aliphatic carbocycles. The van der Waals surface area contributed by atoms with Gasteiger partial charge in [0, 0.05) is 12.5 Å². The lowest BCUT2D eigenvalue weighted by atomic mass is 9.83. The third-order valence-corrected chi connectivity index (χ3v) is 3.57. The first kappa shape index (κ1) is 12.6. The van der Waals surface area contributed by atoms with Crippen LogP contribution in [0.1, 0.15) is 36.8 Å². The number of rotatable bonds is 5. The van der Waals surface area contributed by atoms with Crippen LogP contribution in [0.4, 0.5) is 0 Å². The van der Waals surface area contributed by atoms with Crippen LogP contribution in [-0.2, 0) is 11.2 Å². The Balaban J connectivity index is 1.94. The normalized spacial score (nSPS) is 20.9. The van der Waals surface area contributed by atoms with E-state index < -0.39 is 0 Å². The molecule has 2 rings (SSSR count). The van der Waals surface area contributed by atoms with E-state index in [0.717, 1.165) is 13.2 Å². The van der Waals surface area contributed by atoms with Crippen molar-refractivity contribution in [1.82, 2.24) is 5.32 Å². The Labute approximate surface area is 104 Å². The van der Waals surface area contributed by atoms with Crippen LogP contribution in [0.25, 0.3) is 0 Å². The van der Waals surface area contributed by atoms with Crippen LogP contribution in [0.3, 0.4) is 0 Å². The van der Waals surface area contributed by atoms with E-state index in [1.165, 1.54) is 30.4 Å². The number of nitrogens with one attached hydrogen (secondary N) is 1. The highest BCUT2D eigenvalue weighted by Gasteiger charge is 2.20. The fourth-order valence-electron chi connectivity index (χ4n) is 2.65. The van der Waals surface area contributed by atoms with E-state index in [9.17, 15) is 0 Å². The number of hydrogen-bond acceptors (Lipinski definition) is 2. The first-order valence-corrected chi connectivity index (χ1v) is 6.65. The van der Waals surface area contributed by atoms with E-state index in [1.807, 2.05) is 7.05 Å². The van der Waals surface area contributed by atoms with Gasteiger partial charge in [0.15, 0.2) is 0 Å². The molecule has 17 heavy (non-hydrogen) atoms. The van der Waals surface area contributed by atoms with Crippen molar-refractivity contribution in [2.45, 2.75) is 38.2 Å². The second-order valence-electron chi connectivity index (χ2n) is 4.99. The highest BCUT2D eigenvalue weighted by molar-refractivity contribution is 5.32. The molecule has 94 valence electrons. The molecule has 2 heteroatoms. The van der Waals surface area contributed by atoms with Crippen molar-refractivity contribution in [1.29, 1.82) is 0 Å². The molecule has 0 saturated heterocycles. The second kappa shape index (κ2) is 6.18. The van der Waals surface area contributed by atoms with Gasteiger partial charge in [0.2, 0.25) is 0 Å². The van der Waals surface area contributed by atoms with Crippen molar-refractivity contribution in [2.75, 3.05) is 20.2 Å². The average Bonchev–Trinajstić information content (AvgIpc) is 2.36. The number of fused-ring (bicyclic) bond motifs is 1. The molecule has 2 unspecified atom stereocenters. The summed E-state index contributed by atoms with van der Waals surface area (Å²) in [5.41, 5.74) is 3.03. The van der Waals surface area contributed by atoms with Gasteiger partial charge >= 0.3 is 0 Å². The predicted octanol–water partition coefficient (Wildman–Crippen LogP) is 2.73. The van der Waals surface area contributed by atoms with Crippen LogP contribution >= 0.6 is 0 Å². The predicted molar refractivity (Wildman–Crippen MR) is 71.5 cm³/mol. The highest BCUT2D eigenvalue weighted by Crippen LogP contribution is 2.31. The van der Waals surface area contributed by atoms with Gasteiger partial charge in [-0.2, -0.15) is 0 Å². The van der Waals surface area contributed by atoms with E-state index in [0.29, 0.717) is 12.0 Å². The Bertz CT molecular complexity index is 351. The van der Waals surface area contributed by atoms with Crippen molar-refractivity contribution >= 4 is 0 Å². The molecular weight excluding hydrogens is 210 g/mol. The van der Waals surface area contributed by atoms with Gasteiger partial charge in [-0.3, -0.25) is 0 Å². The summed E-state index contributed by atoms with van der Waals surface area (Å²) >= 11 is 0. The maximum atomic E-state index is 5.92. The fourth-order valence-corrected chi connectivity index (χ4v) is 2.65. The van der Waals surface area contributed by atoms with Gasteiger partial charge in [0.05, 0.1) is 12.7 Å². The smallest absolute Gasteiger partial charge is 0.0671 e. The SMILES string of the molecule is CNCC(C)OCC1CCCc2ccccc21. The van der Waals surface area contributed by atoms with E-state index in [1.54, 1.807) is 0 Å². The Morgan fingerprint density at radius 2 is 2.24 bits per heavy atom. The summed E-state index contributed by atoms with van der Waals surface area (Å²) in [7, 11) is 1.97. The minimum atomic E-state index is 0.300. The van der Waals surface area contributed by atoms with Crippen molar-refractivity contribution in [3.63, 3.8) is 0 Å². The average molecular weight is 233 g/mol. The first-order valence-electron chi connectivity index (χ1n) is 6.65. The number of hydrogen-bond donors (Lipinski definition) is 1. The molecule has 0 aromatic heterocycles. The molecule has 2 atom stereocenters. The van der Waals surface area contributed by atoms with Gasteiger partial charge in [-0.15, -0.1) is 0 Å². The summed E-state index contributed by atoms with van der Waals surface area (Å²) in [4.78, 5) is 0. The molecule has 0 amide bonds. The molecule has 0 aliphatic heterocycles.